The zero-order valence-electron chi connectivity index (χ0n) is 50.0. The van der Waals surface area contributed by atoms with Crippen molar-refractivity contribution in [2.45, 2.75) is 257 Å². The molecule has 0 aromatic heterocycles. The molecule has 0 aromatic rings. The summed E-state index contributed by atoms with van der Waals surface area (Å²) in [6.45, 7) is 4.59. The number of unbranched alkanes of at least 4 members (excludes halogenated alkanes) is 23. The van der Waals surface area contributed by atoms with Crippen LogP contribution in [0.1, 0.15) is 245 Å². The minimum Gasteiger partial charge on any atom is -0.545 e. The molecule has 0 amide bonds. The Morgan fingerprint density at radius 1 is 0.403 bits per heavy atom. The quantitative estimate of drug-likeness (QED) is 0.0195. The van der Waals surface area contributed by atoms with Crippen LogP contribution in [-0.4, -0.2) is 82.3 Å². The molecule has 0 bridgehead atoms. The molecule has 2 unspecified atom stereocenters. The lowest BCUT2D eigenvalue weighted by molar-refractivity contribution is -0.870. The number of quaternary nitrogens is 1. The van der Waals surface area contributed by atoms with Gasteiger partial charge in [-0.05, 0) is 103 Å². The molecule has 0 aliphatic rings. The first-order valence-corrected chi connectivity index (χ1v) is 31.0. The second kappa shape index (κ2) is 58.1. The molecule has 0 radical (unpaired) electrons. The zero-order valence-corrected chi connectivity index (χ0v) is 50.0. The number of carboxylic acid groups (broad SMARTS) is 1. The molecule has 0 aliphatic carbocycles. The van der Waals surface area contributed by atoms with Gasteiger partial charge in [0.05, 0.1) is 40.3 Å². The number of aliphatic carboxylic acids is 1. The second-order valence-corrected chi connectivity index (χ2v) is 21.6. The van der Waals surface area contributed by atoms with Crippen molar-refractivity contribution in [3.63, 3.8) is 0 Å². The first-order chi connectivity index (χ1) is 37.6. The summed E-state index contributed by atoms with van der Waals surface area (Å²) in [4.78, 5) is 37.4. The molecule has 0 spiro atoms. The molecule has 0 rings (SSSR count). The van der Waals surface area contributed by atoms with Gasteiger partial charge in [0.2, 0.25) is 0 Å². The number of ether oxygens (including phenoxy) is 4. The molecule has 0 N–H and O–H groups in total. The van der Waals surface area contributed by atoms with Crippen molar-refractivity contribution >= 4 is 17.9 Å². The number of carbonyl (C=O) groups is 3. The maximum absolute atomic E-state index is 12.9. The van der Waals surface area contributed by atoms with E-state index in [9.17, 15) is 19.5 Å². The Morgan fingerprint density at radius 2 is 0.740 bits per heavy atom. The molecule has 9 heteroatoms. The number of likely N-dealkylation sites (N-methyl/N-ethyl adjacent to an activating group) is 1. The van der Waals surface area contributed by atoms with Crippen molar-refractivity contribution in [3.05, 3.63) is 109 Å². The van der Waals surface area contributed by atoms with Crippen LogP contribution in [0.3, 0.4) is 0 Å². The van der Waals surface area contributed by atoms with Crippen molar-refractivity contribution in [2.24, 2.45) is 0 Å². The van der Waals surface area contributed by atoms with E-state index in [0.29, 0.717) is 17.4 Å². The van der Waals surface area contributed by atoms with Gasteiger partial charge in [-0.2, -0.15) is 0 Å². The highest BCUT2D eigenvalue weighted by Crippen LogP contribution is 2.15. The summed E-state index contributed by atoms with van der Waals surface area (Å²) in [6, 6.07) is 0. The summed E-state index contributed by atoms with van der Waals surface area (Å²) in [5, 5.41) is 11.8. The second-order valence-electron chi connectivity index (χ2n) is 21.6. The lowest BCUT2D eigenvalue weighted by atomic mass is 10.0. The van der Waals surface area contributed by atoms with E-state index in [1.807, 2.05) is 21.1 Å². The highest BCUT2D eigenvalue weighted by molar-refractivity contribution is 5.70. The number of hydrogen-bond acceptors (Lipinski definition) is 8. The molecule has 440 valence electrons. The molecular formula is C68H115NO8. The third-order valence-corrected chi connectivity index (χ3v) is 13.0. The molecule has 0 heterocycles. The summed E-state index contributed by atoms with van der Waals surface area (Å²) in [7, 11) is 5.91. The number of esters is 2. The van der Waals surface area contributed by atoms with E-state index in [1.54, 1.807) is 0 Å². The number of nitrogens with zero attached hydrogens (tertiary/aromatic N) is 1. The lowest BCUT2D eigenvalue weighted by Crippen LogP contribution is -2.44. The number of allylic oxidation sites excluding steroid dienone is 18. The van der Waals surface area contributed by atoms with Crippen LogP contribution in [0.15, 0.2) is 109 Å². The van der Waals surface area contributed by atoms with Crippen LogP contribution in [0, 0.1) is 0 Å². The summed E-state index contributed by atoms with van der Waals surface area (Å²) < 4.78 is 22.7. The molecular weight excluding hydrogens is 959 g/mol. The molecule has 0 fully saturated rings. The van der Waals surface area contributed by atoms with E-state index in [4.69, 9.17) is 18.9 Å². The molecule has 2 atom stereocenters. The largest absolute Gasteiger partial charge is 0.545 e. The smallest absolute Gasteiger partial charge is 0.306 e. The Morgan fingerprint density at radius 3 is 1.10 bits per heavy atom. The maximum Gasteiger partial charge on any atom is 0.306 e. The number of rotatable bonds is 56. The van der Waals surface area contributed by atoms with Gasteiger partial charge in [0, 0.05) is 12.8 Å². The van der Waals surface area contributed by atoms with Crippen LogP contribution in [0.4, 0.5) is 0 Å². The molecule has 77 heavy (non-hydrogen) atoms. The fourth-order valence-electron chi connectivity index (χ4n) is 8.25. The summed E-state index contributed by atoms with van der Waals surface area (Å²) >= 11 is 0. The molecule has 0 saturated heterocycles. The number of carbonyl (C=O) groups excluding carboxylic acids is 3. The number of hydrogen-bond donors (Lipinski definition) is 0. The van der Waals surface area contributed by atoms with Crippen molar-refractivity contribution in [3.8, 4) is 0 Å². The summed E-state index contributed by atoms with van der Waals surface area (Å²) in [5.41, 5.74) is 0. The van der Waals surface area contributed by atoms with E-state index in [-0.39, 0.29) is 38.6 Å². The Hall–Kier alpha value is -4.05. The first kappa shape index (κ1) is 73.0. The van der Waals surface area contributed by atoms with Crippen molar-refractivity contribution in [1.29, 1.82) is 0 Å². The van der Waals surface area contributed by atoms with Gasteiger partial charge in [0.1, 0.15) is 13.2 Å². The highest BCUT2D eigenvalue weighted by Gasteiger charge is 2.22. The Bertz CT molecular complexity index is 1630. The van der Waals surface area contributed by atoms with Crippen LogP contribution < -0.4 is 5.11 Å². The summed E-state index contributed by atoms with van der Waals surface area (Å²) in [6.07, 6.45) is 77.1. The van der Waals surface area contributed by atoms with Gasteiger partial charge in [-0.25, -0.2) is 0 Å². The Labute approximate surface area is 473 Å². The minimum atomic E-state index is -1.64. The van der Waals surface area contributed by atoms with Gasteiger partial charge < -0.3 is 33.3 Å². The first-order valence-electron chi connectivity index (χ1n) is 31.0. The maximum atomic E-state index is 12.9. The van der Waals surface area contributed by atoms with Crippen LogP contribution >= 0.6 is 0 Å². The minimum absolute atomic E-state index is 0.137. The van der Waals surface area contributed by atoms with Crippen LogP contribution in [0.5, 0.6) is 0 Å². The molecule has 0 aromatic carbocycles. The fourth-order valence-corrected chi connectivity index (χ4v) is 8.25. The van der Waals surface area contributed by atoms with E-state index in [1.165, 1.54) is 116 Å². The lowest BCUT2D eigenvalue weighted by Gasteiger charge is -2.26. The van der Waals surface area contributed by atoms with E-state index in [2.05, 4.69) is 123 Å². The average molecular weight is 1070 g/mol. The van der Waals surface area contributed by atoms with Gasteiger partial charge in [-0.1, -0.05) is 239 Å². The molecule has 0 saturated carbocycles. The van der Waals surface area contributed by atoms with E-state index in [0.717, 1.165) is 96.3 Å². The van der Waals surface area contributed by atoms with Crippen LogP contribution in [-0.2, 0) is 33.3 Å². The van der Waals surface area contributed by atoms with E-state index >= 15 is 0 Å². The standard InChI is InChI=1S/C68H115NO8/c1-6-8-10-12-14-16-18-20-22-24-26-28-30-31-32-33-34-35-37-38-40-42-44-46-48-50-52-54-56-58-65(70)75-62-64(63-76-68(67(72)73)74-61-60-69(3,4)5)77-66(71)59-57-55-53-51-49-47-45-43-41-39-36-29-27-25-23-21-19-17-15-13-11-9-7-2/h9,11,15,17-18,20-21,23-24,26-27,29-31,39,41,45,47,64,68H,6-8,10,12-14,16,19,22,25,28,32-38,40,42-44,46,48-63H2,1-5H3/b11-9-,17-15-,20-18-,23-21-,26-24-,29-27-,31-30-,41-39-,47-45-. The van der Waals surface area contributed by atoms with Crippen LogP contribution in [0.25, 0.3) is 0 Å². The van der Waals surface area contributed by atoms with E-state index < -0.39 is 24.3 Å². The zero-order chi connectivity index (χ0) is 56.2. The average Bonchev–Trinajstić information content (AvgIpc) is 3.40. The monoisotopic (exact) mass is 1070 g/mol. The highest BCUT2D eigenvalue weighted by atomic mass is 16.7. The van der Waals surface area contributed by atoms with Gasteiger partial charge in [0.15, 0.2) is 12.4 Å². The van der Waals surface area contributed by atoms with Gasteiger partial charge in [0.25, 0.3) is 0 Å². The van der Waals surface area contributed by atoms with Gasteiger partial charge in [-0.15, -0.1) is 0 Å². The van der Waals surface area contributed by atoms with Gasteiger partial charge >= 0.3 is 11.9 Å². The summed E-state index contributed by atoms with van der Waals surface area (Å²) in [5.74, 6) is -2.32. The van der Waals surface area contributed by atoms with Crippen molar-refractivity contribution in [2.75, 3.05) is 47.5 Å². The predicted octanol–water partition coefficient (Wildman–Crippen LogP) is 17.3. The van der Waals surface area contributed by atoms with Gasteiger partial charge in [-0.3, -0.25) is 9.59 Å². The predicted molar refractivity (Wildman–Crippen MR) is 324 cm³/mol. The fraction of sp³-hybridized carbons (Fsp3) is 0.691. The normalized spacial score (nSPS) is 13.5. The van der Waals surface area contributed by atoms with Crippen LogP contribution in [0.2, 0.25) is 0 Å². The number of carboxylic acids is 1. The Balaban J connectivity index is 4.25. The topological polar surface area (TPSA) is 111 Å². The molecule has 0 aliphatic heterocycles. The Kier molecular flexibility index (Phi) is 55.1. The van der Waals surface area contributed by atoms with Crippen molar-refractivity contribution in [1.82, 2.24) is 0 Å². The SMILES string of the molecule is CC/C=C\C/C=C\C/C=C\C/C=C\C/C=C\C/C=C\CCCCCCC(=O)OC(COC(=O)CCCCCCCCCCCCCCCC/C=C\C/C=C\C/C=C\CCCCCCC)COC(OCC[N+](C)(C)C)C(=O)[O-]. The van der Waals surface area contributed by atoms with Crippen molar-refractivity contribution < 1.29 is 42.9 Å². The molecule has 9 nitrogen and oxygen atoms in total. The third kappa shape index (κ3) is 59.5. The third-order valence-electron chi connectivity index (χ3n) is 13.0.